The van der Waals surface area contributed by atoms with Gasteiger partial charge in [0.05, 0.1) is 6.26 Å². The van der Waals surface area contributed by atoms with Crippen LogP contribution < -0.4 is 5.32 Å². The number of furan rings is 1. The third kappa shape index (κ3) is 2.69. The summed E-state index contributed by atoms with van der Waals surface area (Å²) >= 11 is 0. The van der Waals surface area contributed by atoms with E-state index in [4.69, 9.17) is 8.94 Å². The molecule has 3 aromatic rings. The molecule has 1 N–H and O–H groups in total. The van der Waals surface area contributed by atoms with Crippen LogP contribution in [0.4, 0.5) is 10.3 Å². The van der Waals surface area contributed by atoms with Crippen LogP contribution >= 0.6 is 0 Å². The fraction of sp³-hybridized carbons (Fsp3) is 0.0667. The molecule has 0 bridgehead atoms. The molecule has 106 valence electrons. The van der Waals surface area contributed by atoms with Gasteiger partial charge in [0.25, 0.3) is 5.91 Å². The molecule has 0 saturated carbocycles. The van der Waals surface area contributed by atoms with E-state index in [0.29, 0.717) is 17.0 Å². The van der Waals surface area contributed by atoms with Gasteiger partial charge in [-0.3, -0.25) is 10.1 Å². The van der Waals surface area contributed by atoms with Crippen molar-refractivity contribution in [2.24, 2.45) is 0 Å². The number of carbonyl (C=O) groups excluding carboxylic acids is 1. The van der Waals surface area contributed by atoms with Crippen molar-refractivity contribution < 1.29 is 18.1 Å². The van der Waals surface area contributed by atoms with Gasteiger partial charge in [-0.1, -0.05) is 11.2 Å². The van der Waals surface area contributed by atoms with Crippen LogP contribution in [0.1, 0.15) is 15.9 Å². The highest BCUT2D eigenvalue weighted by atomic mass is 19.1. The molecule has 6 heteroatoms. The Hall–Kier alpha value is -2.89. The first-order valence-corrected chi connectivity index (χ1v) is 6.21. The minimum atomic E-state index is -0.476. The molecular formula is C15H11FN2O3. The van der Waals surface area contributed by atoms with E-state index >= 15 is 0 Å². The van der Waals surface area contributed by atoms with Crippen molar-refractivity contribution in [1.82, 2.24) is 5.16 Å². The maximum atomic E-state index is 13.4. The molecule has 0 aliphatic heterocycles. The Morgan fingerprint density at radius 2 is 2.14 bits per heavy atom. The minimum Gasteiger partial charge on any atom is -0.463 e. The monoisotopic (exact) mass is 286 g/mol. The number of rotatable bonds is 3. The summed E-state index contributed by atoms with van der Waals surface area (Å²) < 4.78 is 23.6. The molecule has 0 saturated heterocycles. The number of nitrogens with one attached hydrogen (secondary N) is 1. The van der Waals surface area contributed by atoms with Gasteiger partial charge in [-0.2, -0.15) is 0 Å². The van der Waals surface area contributed by atoms with Crippen LogP contribution in [0.25, 0.3) is 11.5 Å². The Morgan fingerprint density at radius 3 is 2.86 bits per heavy atom. The van der Waals surface area contributed by atoms with Crippen LogP contribution in [0.3, 0.4) is 0 Å². The lowest BCUT2D eigenvalue weighted by Crippen LogP contribution is -2.11. The summed E-state index contributed by atoms with van der Waals surface area (Å²) in [7, 11) is 0. The standard InChI is InChI=1S/C15H11FN2O3/c1-9-4-5-10(7-11(9)16)15(19)17-14-8-12(18-21-14)13-3-2-6-20-13/h2-8H,1H3,(H,17,19). The minimum absolute atomic E-state index is 0.160. The second kappa shape index (κ2) is 5.24. The summed E-state index contributed by atoms with van der Waals surface area (Å²) in [6.07, 6.45) is 1.51. The number of amides is 1. The molecule has 0 aliphatic carbocycles. The lowest BCUT2D eigenvalue weighted by molar-refractivity contribution is 0.102. The van der Waals surface area contributed by atoms with E-state index in [0.717, 1.165) is 0 Å². The van der Waals surface area contributed by atoms with Gasteiger partial charge in [0, 0.05) is 11.6 Å². The third-order valence-electron chi connectivity index (χ3n) is 2.95. The van der Waals surface area contributed by atoms with Crippen LogP contribution in [-0.2, 0) is 0 Å². The molecule has 0 radical (unpaired) electrons. The average molecular weight is 286 g/mol. The van der Waals surface area contributed by atoms with E-state index in [1.807, 2.05) is 0 Å². The Labute approximate surface area is 119 Å². The van der Waals surface area contributed by atoms with Crippen molar-refractivity contribution in [2.45, 2.75) is 6.92 Å². The van der Waals surface area contributed by atoms with Crippen LogP contribution in [0.2, 0.25) is 0 Å². The highest BCUT2D eigenvalue weighted by molar-refractivity contribution is 6.03. The Morgan fingerprint density at radius 1 is 1.29 bits per heavy atom. The zero-order valence-electron chi connectivity index (χ0n) is 11.1. The fourth-order valence-electron chi connectivity index (χ4n) is 1.79. The highest BCUT2D eigenvalue weighted by Crippen LogP contribution is 2.22. The summed E-state index contributed by atoms with van der Waals surface area (Å²) in [6, 6.07) is 9.22. The maximum Gasteiger partial charge on any atom is 0.258 e. The zero-order chi connectivity index (χ0) is 14.8. The summed E-state index contributed by atoms with van der Waals surface area (Å²) in [5.41, 5.74) is 1.14. The molecule has 5 nitrogen and oxygen atoms in total. The second-order valence-corrected chi connectivity index (χ2v) is 4.47. The second-order valence-electron chi connectivity index (χ2n) is 4.47. The first-order valence-electron chi connectivity index (χ1n) is 6.21. The van der Waals surface area contributed by atoms with Crippen LogP contribution in [-0.4, -0.2) is 11.1 Å². The number of nitrogens with zero attached hydrogens (tertiary/aromatic N) is 1. The quantitative estimate of drug-likeness (QED) is 0.798. The number of benzene rings is 1. The molecule has 0 aliphatic rings. The van der Waals surface area contributed by atoms with Gasteiger partial charge < -0.3 is 8.94 Å². The van der Waals surface area contributed by atoms with Crippen molar-refractivity contribution in [3.63, 3.8) is 0 Å². The van der Waals surface area contributed by atoms with Gasteiger partial charge in [0.2, 0.25) is 5.88 Å². The number of halogens is 1. The number of aryl methyl sites for hydroxylation is 1. The predicted octanol–water partition coefficient (Wildman–Crippen LogP) is 3.63. The topological polar surface area (TPSA) is 68.3 Å². The van der Waals surface area contributed by atoms with Crippen LogP contribution in [0, 0.1) is 12.7 Å². The smallest absolute Gasteiger partial charge is 0.258 e. The van der Waals surface area contributed by atoms with E-state index in [-0.39, 0.29) is 11.4 Å². The Balaban J connectivity index is 1.77. The first-order chi connectivity index (χ1) is 10.1. The fourth-order valence-corrected chi connectivity index (χ4v) is 1.79. The summed E-state index contributed by atoms with van der Waals surface area (Å²) in [5, 5.41) is 6.29. The molecule has 1 amide bonds. The highest BCUT2D eigenvalue weighted by Gasteiger charge is 2.13. The first kappa shape index (κ1) is 13.1. The zero-order valence-corrected chi connectivity index (χ0v) is 11.1. The molecule has 0 atom stereocenters. The van der Waals surface area contributed by atoms with Gasteiger partial charge >= 0.3 is 0 Å². The largest absolute Gasteiger partial charge is 0.463 e. The summed E-state index contributed by atoms with van der Waals surface area (Å²) in [5.74, 6) is -0.222. The van der Waals surface area contributed by atoms with Crippen LogP contribution in [0.15, 0.2) is 51.6 Å². The number of carbonyl (C=O) groups is 1. The summed E-state index contributed by atoms with van der Waals surface area (Å²) in [6.45, 7) is 1.63. The van der Waals surface area contributed by atoms with Crippen molar-refractivity contribution in [1.29, 1.82) is 0 Å². The van der Waals surface area contributed by atoms with Gasteiger partial charge in [-0.25, -0.2) is 4.39 Å². The number of hydrogen-bond acceptors (Lipinski definition) is 4. The SMILES string of the molecule is Cc1ccc(C(=O)Nc2cc(-c3ccco3)no2)cc1F. The van der Waals surface area contributed by atoms with Gasteiger partial charge in [-0.05, 0) is 36.8 Å². The molecule has 3 rings (SSSR count). The summed E-state index contributed by atoms with van der Waals surface area (Å²) in [4.78, 5) is 12.0. The Kier molecular flexibility index (Phi) is 3.27. The van der Waals surface area contributed by atoms with Crippen LogP contribution in [0.5, 0.6) is 0 Å². The van der Waals surface area contributed by atoms with E-state index in [9.17, 15) is 9.18 Å². The molecule has 0 fully saturated rings. The van der Waals surface area contributed by atoms with Crippen molar-refractivity contribution in [3.8, 4) is 11.5 Å². The van der Waals surface area contributed by atoms with Crippen molar-refractivity contribution in [3.05, 3.63) is 59.6 Å². The van der Waals surface area contributed by atoms with E-state index in [2.05, 4.69) is 10.5 Å². The molecule has 21 heavy (non-hydrogen) atoms. The number of anilines is 1. The predicted molar refractivity (Wildman–Crippen MR) is 73.3 cm³/mol. The maximum absolute atomic E-state index is 13.4. The lowest BCUT2D eigenvalue weighted by Gasteiger charge is -2.02. The molecule has 1 aromatic carbocycles. The van der Waals surface area contributed by atoms with E-state index in [1.165, 1.54) is 24.5 Å². The lowest BCUT2D eigenvalue weighted by atomic mass is 10.1. The third-order valence-corrected chi connectivity index (χ3v) is 2.95. The van der Waals surface area contributed by atoms with Crippen molar-refractivity contribution >= 4 is 11.8 Å². The van der Waals surface area contributed by atoms with Gasteiger partial charge in [0.1, 0.15) is 5.82 Å². The Bertz CT molecular complexity index is 778. The molecule has 0 unspecified atom stereocenters. The van der Waals surface area contributed by atoms with E-state index in [1.54, 1.807) is 25.1 Å². The molecular weight excluding hydrogens is 275 g/mol. The molecule has 0 spiro atoms. The van der Waals surface area contributed by atoms with Crippen molar-refractivity contribution in [2.75, 3.05) is 5.32 Å². The van der Waals surface area contributed by atoms with Gasteiger partial charge in [-0.15, -0.1) is 0 Å². The number of aromatic nitrogens is 1. The van der Waals surface area contributed by atoms with E-state index < -0.39 is 11.7 Å². The molecule has 2 aromatic heterocycles. The number of hydrogen-bond donors (Lipinski definition) is 1. The molecule has 2 heterocycles. The normalized spacial score (nSPS) is 10.6. The van der Waals surface area contributed by atoms with Gasteiger partial charge in [0.15, 0.2) is 11.5 Å². The average Bonchev–Trinajstić information content (AvgIpc) is 3.12.